The van der Waals surface area contributed by atoms with Crippen LogP contribution < -0.4 is 9.64 Å². The molecule has 1 aliphatic heterocycles. The Kier molecular flexibility index (Phi) is 3.54. The van der Waals surface area contributed by atoms with E-state index in [2.05, 4.69) is 6.07 Å². The molecule has 1 heterocycles. The summed E-state index contributed by atoms with van der Waals surface area (Å²) in [5.41, 5.74) is 4.80. The van der Waals surface area contributed by atoms with E-state index in [0.717, 1.165) is 33.7 Å². The van der Waals surface area contributed by atoms with E-state index in [-0.39, 0.29) is 5.91 Å². The number of rotatable bonds is 3. The molecule has 0 saturated carbocycles. The third-order valence-corrected chi connectivity index (χ3v) is 4.43. The average Bonchev–Trinajstić information content (AvgIpc) is 2.99. The molecule has 0 aliphatic carbocycles. The summed E-state index contributed by atoms with van der Waals surface area (Å²) >= 11 is 0. The summed E-state index contributed by atoms with van der Waals surface area (Å²) in [6.07, 6.45) is 0. The zero-order valence-corrected chi connectivity index (χ0v) is 13.4. The van der Waals surface area contributed by atoms with Crippen molar-refractivity contribution >= 4 is 11.6 Å². The minimum atomic E-state index is 0.0490. The Morgan fingerprint density at radius 3 is 2.25 bits per heavy atom. The largest absolute Gasteiger partial charge is 0.496 e. The van der Waals surface area contributed by atoms with Crippen molar-refractivity contribution in [1.82, 2.24) is 0 Å². The molecule has 3 nitrogen and oxygen atoms in total. The van der Waals surface area contributed by atoms with Gasteiger partial charge in [-0.15, -0.1) is 0 Å². The van der Waals surface area contributed by atoms with Crippen LogP contribution in [-0.4, -0.2) is 13.0 Å². The third-order valence-electron chi connectivity index (χ3n) is 4.43. The molecule has 0 saturated heterocycles. The zero-order chi connectivity index (χ0) is 16.5. The highest BCUT2D eigenvalue weighted by molar-refractivity contribution is 6.11. The molecule has 0 spiro atoms. The van der Waals surface area contributed by atoms with Gasteiger partial charge < -0.3 is 9.64 Å². The molecule has 0 atom stereocenters. The van der Waals surface area contributed by atoms with Crippen LogP contribution in [0.3, 0.4) is 0 Å². The number of fused-ring (bicyclic) bond motifs is 1. The predicted molar refractivity (Wildman–Crippen MR) is 95.4 cm³/mol. The van der Waals surface area contributed by atoms with Crippen LogP contribution in [0.5, 0.6) is 5.75 Å². The molecule has 3 aromatic carbocycles. The van der Waals surface area contributed by atoms with Gasteiger partial charge in [0, 0.05) is 16.8 Å². The highest BCUT2D eigenvalue weighted by Gasteiger charge is 2.30. The Labute approximate surface area is 141 Å². The minimum Gasteiger partial charge on any atom is -0.496 e. The van der Waals surface area contributed by atoms with Gasteiger partial charge in [-0.05, 0) is 35.4 Å². The topological polar surface area (TPSA) is 29.5 Å². The Morgan fingerprint density at radius 1 is 0.792 bits per heavy atom. The van der Waals surface area contributed by atoms with Gasteiger partial charge in [0.1, 0.15) is 5.75 Å². The van der Waals surface area contributed by atoms with Crippen molar-refractivity contribution in [3.63, 3.8) is 0 Å². The molecule has 0 radical (unpaired) electrons. The van der Waals surface area contributed by atoms with E-state index < -0.39 is 0 Å². The Hall–Kier alpha value is -3.07. The van der Waals surface area contributed by atoms with Crippen molar-refractivity contribution < 1.29 is 9.53 Å². The molecule has 118 valence electrons. The molecule has 0 bridgehead atoms. The zero-order valence-electron chi connectivity index (χ0n) is 13.4. The van der Waals surface area contributed by atoms with E-state index in [0.29, 0.717) is 6.54 Å². The van der Waals surface area contributed by atoms with E-state index in [1.54, 1.807) is 7.11 Å². The van der Waals surface area contributed by atoms with E-state index in [1.165, 1.54) is 0 Å². The fraction of sp³-hybridized carbons (Fsp3) is 0.0952. The van der Waals surface area contributed by atoms with Crippen molar-refractivity contribution in [2.45, 2.75) is 6.54 Å². The first-order valence-electron chi connectivity index (χ1n) is 7.92. The number of carbonyl (C=O) groups is 1. The number of nitrogens with zero attached hydrogens (tertiary/aromatic N) is 1. The molecule has 0 fully saturated rings. The van der Waals surface area contributed by atoms with Crippen LogP contribution in [0.1, 0.15) is 15.9 Å². The van der Waals surface area contributed by atoms with Crippen LogP contribution >= 0.6 is 0 Å². The van der Waals surface area contributed by atoms with Crippen LogP contribution in [0, 0.1) is 0 Å². The molecule has 4 rings (SSSR count). The number of carbonyl (C=O) groups excluding carboxylic acids is 1. The van der Waals surface area contributed by atoms with Crippen LogP contribution in [0.4, 0.5) is 5.69 Å². The number of anilines is 1. The van der Waals surface area contributed by atoms with Crippen LogP contribution in [0.2, 0.25) is 0 Å². The first kappa shape index (κ1) is 14.5. The summed E-state index contributed by atoms with van der Waals surface area (Å²) in [5, 5.41) is 0. The van der Waals surface area contributed by atoms with Gasteiger partial charge in [-0.2, -0.15) is 0 Å². The minimum absolute atomic E-state index is 0.0490. The number of ether oxygens (including phenoxy) is 1. The van der Waals surface area contributed by atoms with Crippen LogP contribution in [0.25, 0.3) is 11.1 Å². The summed E-state index contributed by atoms with van der Waals surface area (Å²) in [5.74, 6) is 0.865. The maximum absolute atomic E-state index is 12.8. The Bertz CT molecular complexity index is 903. The summed E-state index contributed by atoms with van der Waals surface area (Å²) in [4.78, 5) is 14.7. The molecule has 24 heavy (non-hydrogen) atoms. The SMILES string of the molecule is COc1ccccc1-c1cccc2c1CN(c1ccccc1)C2=O. The van der Waals surface area contributed by atoms with E-state index >= 15 is 0 Å². The monoisotopic (exact) mass is 315 g/mol. The second-order valence-corrected chi connectivity index (χ2v) is 5.76. The van der Waals surface area contributed by atoms with Gasteiger partial charge in [0.2, 0.25) is 0 Å². The van der Waals surface area contributed by atoms with Crippen molar-refractivity contribution in [3.8, 4) is 16.9 Å². The third kappa shape index (κ3) is 2.26. The van der Waals surface area contributed by atoms with Gasteiger partial charge >= 0.3 is 0 Å². The Morgan fingerprint density at radius 2 is 1.46 bits per heavy atom. The molecule has 0 aromatic heterocycles. The number of para-hydroxylation sites is 2. The smallest absolute Gasteiger partial charge is 0.258 e. The molecular formula is C21H17NO2. The van der Waals surface area contributed by atoms with E-state index in [4.69, 9.17) is 4.74 Å². The van der Waals surface area contributed by atoms with Gasteiger partial charge in [0.15, 0.2) is 0 Å². The number of methoxy groups -OCH3 is 1. The highest BCUT2D eigenvalue weighted by Crippen LogP contribution is 2.38. The van der Waals surface area contributed by atoms with Crippen molar-refractivity contribution in [1.29, 1.82) is 0 Å². The fourth-order valence-corrected chi connectivity index (χ4v) is 3.27. The number of benzene rings is 3. The van der Waals surface area contributed by atoms with E-state index in [1.807, 2.05) is 71.6 Å². The van der Waals surface area contributed by atoms with Crippen LogP contribution in [-0.2, 0) is 6.54 Å². The molecule has 0 N–H and O–H groups in total. The van der Waals surface area contributed by atoms with Crippen molar-refractivity contribution in [3.05, 3.63) is 83.9 Å². The molecular weight excluding hydrogens is 298 g/mol. The van der Waals surface area contributed by atoms with Crippen molar-refractivity contribution in [2.75, 3.05) is 12.0 Å². The quantitative estimate of drug-likeness (QED) is 0.711. The molecule has 1 amide bonds. The lowest BCUT2D eigenvalue weighted by atomic mass is 9.96. The summed E-state index contributed by atoms with van der Waals surface area (Å²) in [6, 6.07) is 23.6. The predicted octanol–water partition coefficient (Wildman–Crippen LogP) is 4.52. The Balaban J connectivity index is 1.83. The lowest BCUT2D eigenvalue weighted by Crippen LogP contribution is -2.22. The van der Waals surface area contributed by atoms with Gasteiger partial charge in [-0.25, -0.2) is 0 Å². The summed E-state index contributed by atoms with van der Waals surface area (Å²) in [6.45, 7) is 0.576. The summed E-state index contributed by atoms with van der Waals surface area (Å²) < 4.78 is 5.50. The van der Waals surface area contributed by atoms with Gasteiger partial charge in [0.25, 0.3) is 5.91 Å². The lowest BCUT2D eigenvalue weighted by molar-refractivity contribution is 0.0996. The average molecular weight is 315 g/mol. The lowest BCUT2D eigenvalue weighted by Gasteiger charge is -2.16. The summed E-state index contributed by atoms with van der Waals surface area (Å²) in [7, 11) is 1.67. The maximum atomic E-state index is 12.8. The fourth-order valence-electron chi connectivity index (χ4n) is 3.27. The molecule has 3 heteroatoms. The maximum Gasteiger partial charge on any atom is 0.258 e. The second-order valence-electron chi connectivity index (χ2n) is 5.76. The van der Waals surface area contributed by atoms with Gasteiger partial charge in [-0.3, -0.25) is 4.79 Å². The highest BCUT2D eigenvalue weighted by atomic mass is 16.5. The van der Waals surface area contributed by atoms with Crippen LogP contribution in [0.15, 0.2) is 72.8 Å². The standard InChI is InChI=1S/C21H17NO2/c1-24-20-13-6-5-10-17(20)16-11-7-12-18-19(16)14-22(21(18)23)15-8-3-2-4-9-15/h2-13H,14H2,1H3. The number of amides is 1. The molecule has 1 aliphatic rings. The van der Waals surface area contributed by atoms with Gasteiger partial charge in [0.05, 0.1) is 13.7 Å². The number of hydrogen-bond acceptors (Lipinski definition) is 2. The van der Waals surface area contributed by atoms with Crippen molar-refractivity contribution in [2.24, 2.45) is 0 Å². The van der Waals surface area contributed by atoms with Gasteiger partial charge in [-0.1, -0.05) is 48.5 Å². The second kappa shape index (κ2) is 5.85. The first-order valence-corrected chi connectivity index (χ1v) is 7.92. The first-order chi connectivity index (χ1) is 11.8. The number of hydrogen-bond donors (Lipinski definition) is 0. The molecule has 0 unspecified atom stereocenters. The van der Waals surface area contributed by atoms with E-state index in [9.17, 15) is 4.79 Å². The molecule has 3 aromatic rings. The normalized spacial score (nSPS) is 13.0.